The van der Waals surface area contributed by atoms with Crippen LogP contribution < -0.4 is 10.6 Å². The smallest absolute Gasteiger partial charge is 0.339 e. The number of benzene rings is 4. The maximum absolute atomic E-state index is 13.0. The standard InChI is InChI=1S/C23H16F3N5.C22H16ClN5/c24-23(25,26)17-4-1-5-18(13-17)29-21-8-9-22-28-14-19(31(22)30-21)12-15-6-7-20-16(11-15)3-2-10-27-20;23-18-5-1-2-6-20(18)26-21-9-10-22-25-14-17(28(22)27-21)13-15-7-8-19-16(12-15)4-3-11-24-19/h1-11,13-14H,12H2,(H,29,30);1-12,14H,13H2,(H,26,27). The molecule has 0 aliphatic rings. The van der Waals surface area contributed by atoms with Gasteiger partial charge in [0.2, 0.25) is 0 Å². The van der Waals surface area contributed by atoms with E-state index in [-0.39, 0.29) is 0 Å². The van der Waals surface area contributed by atoms with Gasteiger partial charge in [-0.3, -0.25) is 9.97 Å². The summed E-state index contributed by atoms with van der Waals surface area (Å²) in [4.78, 5) is 17.6. The van der Waals surface area contributed by atoms with Crippen molar-refractivity contribution < 1.29 is 13.2 Å². The summed E-state index contributed by atoms with van der Waals surface area (Å²) >= 11 is 6.24. The van der Waals surface area contributed by atoms with Gasteiger partial charge in [0.15, 0.2) is 22.9 Å². The molecule has 10 rings (SSSR count). The van der Waals surface area contributed by atoms with E-state index in [0.29, 0.717) is 34.4 Å². The van der Waals surface area contributed by atoms with E-state index >= 15 is 0 Å². The Morgan fingerprint density at radius 2 is 1.12 bits per heavy atom. The summed E-state index contributed by atoms with van der Waals surface area (Å²) < 4.78 is 42.5. The molecule has 10 aromatic rings. The molecule has 6 aromatic heterocycles. The number of para-hydroxylation sites is 1. The van der Waals surface area contributed by atoms with E-state index in [1.807, 2.05) is 89.7 Å². The fourth-order valence-electron chi connectivity index (χ4n) is 6.73. The Hall–Kier alpha value is -7.38. The highest BCUT2D eigenvalue weighted by Gasteiger charge is 2.30. The van der Waals surface area contributed by atoms with Crippen molar-refractivity contribution in [3.05, 3.63) is 191 Å². The molecule has 0 radical (unpaired) electrons. The largest absolute Gasteiger partial charge is 0.416 e. The predicted octanol–water partition coefficient (Wildman–Crippen LogP) is 10.9. The Morgan fingerprint density at radius 3 is 1.69 bits per heavy atom. The number of nitrogens with one attached hydrogen (secondary N) is 2. The number of alkyl halides is 3. The molecule has 0 amide bonds. The number of aromatic nitrogens is 8. The molecule has 2 N–H and O–H groups in total. The van der Waals surface area contributed by atoms with Crippen LogP contribution in [0.25, 0.3) is 33.1 Å². The molecular formula is C45H32ClF3N10. The zero-order valence-electron chi connectivity index (χ0n) is 31.0. The second-order valence-corrected chi connectivity index (χ2v) is 14.1. The number of halogens is 4. The number of rotatable bonds is 8. The zero-order chi connectivity index (χ0) is 40.3. The second kappa shape index (κ2) is 15.9. The van der Waals surface area contributed by atoms with Gasteiger partial charge in [-0.05, 0) is 102 Å². The van der Waals surface area contributed by atoms with Crippen LogP contribution in [-0.4, -0.2) is 39.2 Å². The second-order valence-electron chi connectivity index (χ2n) is 13.7. The summed E-state index contributed by atoms with van der Waals surface area (Å²) in [5.74, 6) is 1.14. The third-order valence-electron chi connectivity index (χ3n) is 9.57. The van der Waals surface area contributed by atoms with Crippen LogP contribution in [0, 0.1) is 0 Å². The molecule has 0 unspecified atom stereocenters. The summed E-state index contributed by atoms with van der Waals surface area (Å²) in [6, 6.07) is 40.2. The highest BCUT2D eigenvalue weighted by molar-refractivity contribution is 6.33. The van der Waals surface area contributed by atoms with Crippen LogP contribution >= 0.6 is 11.6 Å². The molecule has 0 saturated heterocycles. The Balaban J connectivity index is 0.000000153. The number of fused-ring (bicyclic) bond motifs is 4. The third-order valence-corrected chi connectivity index (χ3v) is 9.90. The van der Waals surface area contributed by atoms with Gasteiger partial charge >= 0.3 is 6.18 Å². The van der Waals surface area contributed by atoms with Crippen LogP contribution in [0.2, 0.25) is 5.02 Å². The Bertz CT molecular complexity index is 3110. The van der Waals surface area contributed by atoms with Gasteiger partial charge in [-0.2, -0.15) is 13.2 Å². The first-order chi connectivity index (χ1) is 28.7. The highest BCUT2D eigenvalue weighted by atomic mass is 35.5. The molecule has 4 aromatic carbocycles. The lowest BCUT2D eigenvalue weighted by molar-refractivity contribution is -0.137. The average Bonchev–Trinajstić information content (AvgIpc) is 3.84. The van der Waals surface area contributed by atoms with E-state index in [1.165, 1.54) is 11.6 Å². The molecule has 0 bridgehead atoms. The van der Waals surface area contributed by atoms with E-state index in [9.17, 15) is 13.2 Å². The van der Waals surface area contributed by atoms with Gasteiger partial charge in [-0.15, -0.1) is 10.2 Å². The molecule has 0 aliphatic heterocycles. The van der Waals surface area contributed by atoms with E-state index in [0.717, 1.165) is 68.6 Å². The molecular weight excluding hydrogens is 773 g/mol. The first kappa shape index (κ1) is 37.2. The van der Waals surface area contributed by atoms with Crippen molar-refractivity contribution in [3.63, 3.8) is 0 Å². The number of pyridine rings is 2. The molecule has 59 heavy (non-hydrogen) atoms. The number of hydrogen-bond acceptors (Lipinski definition) is 8. The minimum Gasteiger partial charge on any atom is -0.339 e. The molecule has 0 aliphatic carbocycles. The van der Waals surface area contributed by atoms with Gasteiger partial charge in [-0.1, -0.05) is 54.1 Å². The molecule has 0 atom stereocenters. The molecule has 290 valence electrons. The maximum atomic E-state index is 13.0. The SMILES string of the molecule is Clc1ccccc1Nc1ccc2ncc(Cc3ccc4ncccc4c3)n2n1.FC(F)(F)c1cccc(Nc2ccc3ncc(Cc4ccc5ncccc5c4)n3n2)c1. The number of nitrogens with zero attached hydrogens (tertiary/aromatic N) is 8. The lowest BCUT2D eigenvalue weighted by Crippen LogP contribution is -2.06. The monoisotopic (exact) mass is 804 g/mol. The van der Waals surface area contributed by atoms with Crippen molar-refractivity contribution in [2.24, 2.45) is 0 Å². The van der Waals surface area contributed by atoms with Gasteiger partial charge < -0.3 is 10.6 Å². The van der Waals surface area contributed by atoms with E-state index in [1.54, 1.807) is 35.1 Å². The van der Waals surface area contributed by atoms with Gasteiger partial charge in [0.25, 0.3) is 0 Å². The van der Waals surface area contributed by atoms with Crippen LogP contribution in [0.3, 0.4) is 0 Å². The van der Waals surface area contributed by atoms with E-state index < -0.39 is 11.7 Å². The van der Waals surface area contributed by atoms with Crippen molar-refractivity contribution in [3.8, 4) is 0 Å². The summed E-state index contributed by atoms with van der Waals surface area (Å²) in [7, 11) is 0. The predicted molar refractivity (Wildman–Crippen MR) is 225 cm³/mol. The van der Waals surface area contributed by atoms with Crippen molar-refractivity contribution in [1.82, 2.24) is 39.2 Å². The van der Waals surface area contributed by atoms with Crippen molar-refractivity contribution in [2.45, 2.75) is 19.0 Å². The Labute approximate surface area is 340 Å². The summed E-state index contributed by atoms with van der Waals surface area (Å²) in [5.41, 5.74) is 7.96. The molecule has 0 spiro atoms. The minimum absolute atomic E-state index is 0.311. The molecule has 10 nitrogen and oxygen atoms in total. The maximum Gasteiger partial charge on any atom is 0.416 e. The van der Waals surface area contributed by atoms with Crippen molar-refractivity contribution in [1.29, 1.82) is 0 Å². The lowest BCUT2D eigenvalue weighted by Gasteiger charge is -2.10. The van der Waals surface area contributed by atoms with Gasteiger partial charge in [-0.25, -0.2) is 19.0 Å². The van der Waals surface area contributed by atoms with Gasteiger partial charge in [0.05, 0.1) is 51.1 Å². The normalized spacial score (nSPS) is 11.5. The molecule has 6 heterocycles. The topological polar surface area (TPSA) is 110 Å². The van der Waals surface area contributed by atoms with Crippen molar-refractivity contribution in [2.75, 3.05) is 10.6 Å². The average molecular weight is 805 g/mol. The fraction of sp³-hybridized carbons (Fsp3) is 0.0667. The van der Waals surface area contributed by atoms with E-state index in [4.69, 9.17) is 16.7 Å². The zero-order valence-corrected chi connectivity index (χ0v) is 31.8. The van der Waals surface area contributed by atoms with Gasteiger partial charge in [0.1, 0.15) is 0 Å². The first-order valence-electron chi connectivity index (χ1n) is 18.5. The Morgan fingerprint density at radius 1 is 0.542 bits per heavy atom. The highest BCUT2D eigenvalue weighted by Crippen LogP contribution is 2.31. The van der Waals surface area contributed by atoms with Crippen LogP contribution in [0.1, 0.15) is 28.1 Å². The molecule has 0 fully saturated rings. The molecule has 14 heteroatoms. The number of imidazole rings is 2. The van der Waals surface area contributed by atoms with Crippen LogP contribution in [-0.2, 0) is 19.0 Å². The fourth-order valence-corrected chi connectivity index (χ4v) is 6.91. The number of anilines is 4. The minimum atomic E-state index is -4.40. The number of hydrogen-bond donors (Lipinski definition) is 2. The summed E-state index contributed by atoms with van der Waals surface area (Å²) in [6.45, 7) is 0. The van der Waals surface area contributed by atoms with Gasteiger partial charge in [0, 0.05) is 41.7 Å². The third kappa shape index (κ3) is 8.36. The summed E-state index contributed by atoms with van der Waals surface area (Å²) in [6.07, 6.45) is 4.13. The lowest BCUT2D eigenvalue weighted by atomic mass is 10.1. The molecule has 0 saturated carbocycles. The van der Waals surface area contributed by atoms with Crippen LogP contribution in [0.4, 0.5) is 36.2 Å². The van der Waals surface area contributed by atoms with Crippen LogP contribution in [0.15, 0.2) is 158 Å². The summed E-state index contributed by atoms with van der Waals surface area (Å²) in [5, 5.41) is 18.3. The van der Waals surface area contributed by atoms with Crippen LogP contribution in [0.5, 0.6) is 0 Å². The first-order valence-corrected chi connectivity index (χ1v) is 18.9. The Kier molecular flexibility index (Phi) is 10.0. The quantitative estimate of drug-likeness (QED) is 0.156. The van der Waals surface area contributed by atoms with Crippen molar-refractivity contribution >= 4 is 67.7 Å². The van der Waals surface area contributed by atoms with E-state index in [2.05, 4.69) is 59.9 Å².